The first-order valence-corrected chi connectivity index (χ1v) is 6.54. The maximum Gasteiger partial charge on any atom is 0.301 e. The highest BCUT2D eigenvalue weighted by molar-refractivity contribution is 8.00. The minimum absolute atomic E-state index is 0.0565. The van der Waals surface area contributed by atoms with Gasteiger partial charge in [0.1, 0.15) is 5.02 Å². The average Bonchev–Trinajstić information content (AvgIpc) is 2.70. The fourth-order valence-electron chi connectivity index (χ4n) is 1.95. The molecule has 0 N–H and O–H groups in total. The fraction of sp³-hybridized carbons (Fsp3) is 0.455. The molecule has 0 bridgehead atoms. The highest BCUT2D eigenvalue weighted by Crippen LogP contribution is 2.41. The van der Waals surface area contributed by atoms with Crippen LogP contribution in [-0.2, 0) is 0 Å². The summed E-state index contributed by atoms with van der Waals surface area (Å²) in [6, 6.07) is 5.12. The summed E-state index contributed by atoms with van der Waals surface area (Å²) in [4.78, 5) is 11.2. The molecule has 1 saturated carbocycles. The quantitative estimate of drug-likeness (QED) is 0.599. The summed E-state index contributed by atoms with van der Waals surface area (Å²) in [5.74, 6) is 0. The number of nitro benzene ring substituents is 1. The van der Waals surface area contributed by atoms with Gasteiger partial charge in [0.2, 0.25) is 0 Å². The zero-order valence-corrected chi connectivity index (χ0v) is 10.3. The number of nitrogens with zero attached hydrogens (tertiary/aromatic N) is 1. The third kappa shape index (κ3) is 2.50. The van der Waals surface area contributed by atoms with Crippen LogP contribution in [0.25, 0.3) is 0 Å². The largest absolute Gasteiger partial charge is 0.301 e. The predicted octanol–water partition coefficient (Wildman–Crippen LogP) is 4.28. The molecule has 1 aromatic carbocycles. The van der Waals surface area contributed by atoms with E-state index in [0.29, 0.717) is 10.1 Å². The van der Waals surface area contributed by atoms with Crippen LogP contribution in [0, 0.1) is 10.1 Å². The van der Waals surface area contributed by atoms with Crippen molar-refractivity contribution in [3.05, 3.63) is 33.3 Å². The van der Waals surface area contributed by atoms with Crippen LogP contribution in [0.2, 0.25) is 5.02 Å². The first-order valence-electron chi connectivity index (χ1n) is 5.28. The number of para-hydroxylation sites is 1. The van der Waals surface area contributed by atoms with Gasteiger partial charge in [0, 0.05) is 5.25 Å². The number of halogens is 1. The summed E-state index contributed by atoms with van der Waals surface area (Å²) < 4.78 is 0. The monoisotopic (exact) mass is 257 g/mol. The second-order valence-electron chi connectivity index (χ2n) is 3.87. The minimum atomic E-state index is -0.389. The normalized spacial score (nSPS) is 16.6. The SMILES string of the molecule is O=[N+]([O-])c1c(Cl)cccc1SC1CCCC1. The lowest BCUT2D eigenvalue weighted by atomic mass is 10.3. The zero-order chi connectivity index (χ0) is 11.5. The van der Waals surface area contributed by atoms with Crippen molar-refractivity contribution >= 4 is 29.1 Å². The minimum Gasteiger partial charge on any atom is -0.258 e. The van der Waals surface area contributed by atoms with Gasteiger partial charge in [-0.1, -0.05) is 30.5 Å². The van der Waals surface area contributed by atoms with E-state index < -0.39 is 0 Å². The van der Waals surface area contributed by atoms with Crippen LogP contribution in [0.1, 0.15) is 25.7 Å². The number of hydrogen-bond donors (Lipinski definition) is 0. The number of benzene rings is 1. The Morgan fingerprint density at radius 2 is 2.06 bits per heavy atom. The van der Waals surface area contributed by atoms with E-state index in [2.05, 4.69) is 0 Å². The van der Waals surface area contributed by atoms with Gasteiger partial charge < -0.3 is 0 Å². The Morgan fingerprint density at radius 1 is 1.38 bits per heavy atom. The van der Waals surface area contributed by atoms with Crippen molar-refractivity contribution in [3.63, 3.8) is 0 Å². The predicted molar refractivity (Wildman–Crippen MR) is 66.2 cm³/mol. The standard InChI is InChI=1S/C11H12ClNO2S/c12-9-6-3-7-10(11(9)13(14)15)16-8-4-1-2-5-8/h3,6-8H,1-2,4-5H2. The van der Waals surface area contributed by atoms with Crippen molar-refractivity contribution in [1.29, 1.82) is 0 Å². The molecule has 16 heavy (non-hydrogen) atoms. The summed E-state index contributed by atoms with van der Waals surface area (Å²) in [5.41, 5.74) is 0.0565. The van der Waals surface area contributed by atoms with Gasteiger partial charge >= 0.3 is 5.69 Å². The molecule has 0 spiro atoms. The fourth-order valence-corrected chi connectivity index (χ4v) is 3.63. The molecule has 5 heteroatoms. The lowest BCUT2D eigenvalue weighted by Crippen LogP contribution is -1.97. The van der Waals surface area contributed by atoms with Gasteiger partial charge in [0.15, 0.2) is 0 Å². The van der Waals surface area contributed by atoms with Crippen molar-refractivity contribution in [1.82, 2.24) is 0 Å². The van der Waals surface area contributed by atoms with Crippen molar-refractivity contribution in [2.45, 2.75) is 35.8 Å². The summed E-state index contributed by atoms with van der Waals surface area (Å²) in [6.07, 6.45) is 4.75. The molecule has 1 aliphatic carbocycles. The molecule has 1 aromatic rings. The molecule has 0 radical (unpaired) electrons. The van der Waals surface area contributed by atoms with E-state index in [1.54, 1.807) is 30.0 Å². The topological polar surface area (TPSA) is 43.1 Å². The molecule has 2 rings (SSSR count). The molecule has 86 valence electrons. The Bertz CT molecular complexity index is 405. The highest BCUT2D eigenvalue weighted by Gasteiger charge is 2.23. The van der Waals surface area contributed by atoms with E-state index in [9.17, 15) is 10.1 Å². The van der Waals surface area contributed by atoms with Crippen LogP contribution in [0.4, 0.5) is 5.69 Å². The van der Waals surface area contributed by atoms with Crippen molar-refractivity contribution < 1.29 is 4.92 Å². The maximum absolute atomic E-state index is 10.9. The van der Waals surface area contributed by atoms with E-state index in [1.165, 1.54) is 12.8 Å². The van der Waals surface area contributed by atoms with Gasteiger partial charge in [0.25, 0.3) is 0 Å². The highest BCUT2D eigenvalue weighted by atomic mass is 35.5. The summed E-state index contributed by atoms with van der Waals surface area (Å²) in [6.45, 7) is 0. The van der Waals surface area contributed by atoms with Crippen LogP contribution in [-0.4, -0.2) is 10.2 Å². The van der Waals surface area contributed by atoms with Crippen LogP contribution in [0.3, 0.4) is 0 Å². The first-order chi connectivity index (χ1) is 7.68. The maximum atomic E-state index is 10.9. The van der Waals surface area contributed by atoms with E-state index in [1.807, 2.05) is 0 Å². The number of hydrogen-bond acceptors (Lipinski definition) is 3. The van der Waals surface area contributed by atoms with E-state index in [4.69, 9.17) is 11.6 Å². The Hall–Kier alpha value is -0.740. The van der Waals surface area contributed by atoms with Crippen molar-refractivity contribution in [2.24, 2.45) is 0 Å². The zero-order valence-electron chi connectivity index (χ0n) is 8.69. The lowest BCUT2D eigenvalue weighted by molar-refractivity contribution is -0.387. The summed E-state index contributed by atoms with van der Waals surface area (Å²) in [7, 11) is 0. The van der Waals surface area contributed by atoms with Gasteiger partial charge in [-0.2, -0.15) is 0 Å². The third-order valence-electron chi connectivity index (χ3n) is 2.73. The Morgan fingerprint density at radius 3 is 2.69 bits per heavy atom. The number of rotatable bonds is 3. The van der Waals surface area contributed by atoms with Crippen LogP contribution in [0.15, 0.2) is 23.1 Å². The summed E-state index contributed by atoms with van der Waals surface area (Å²) in [5, 5.41) is 11.7. The molecular formula is C11H12ClNO2S. The lowest BCUT2D eigenvalue weighted by Gasteiger charge is -2.09. The molecule has 0 unspecified atom stereocenters. The number of thioether (sulfide) groups is 1. The Kier molecular flexibility index (Phi) is 3.71. The molecule has 0 aliphatic heterocycles. The van der Waals surface area contributed by atoms with E-state index >= 15 is 0 Å². The second-order valence-corrected chi connectivity index (χ2v) is 5.62. The average molecular weight is 258 g/mol. The molecule has 0 atom stereocenters. The Labute approximate surface area is 103 Å². The van der Waals surface area contributed by atoms with Gasteiger partial charge in [-0.3, -0.25) is 10.1 Å². The molecule has 1 fully saturated rings. The molecule has 0 saturated heterocycles. The van der Waals surface area contributed by atoms with Crippen LogP contribution < -0.4 is 0 Å². The molecular weight excluding hydrogens is 246 g/mol. The third-order valence-corrected chi connectivity index (χ3v) is 4.42. The molecule has 0 heterocycles. The van der Waals surface area contributed by atoms with E-state index in [0.717, 1.165) is 12.8 Å². The summed E-state index contributed by atoms with van der Waals surface area (Å²) >= 11 is 7.45. The van der Waals surface area contributed by atoms with E-state index in [-0.39, 0.29) is 15.6 Å². The van der Waals surface area contributed by atoms with Crippen molar-refractivity contribution in [3.8, 4) is 0 Å². The van der Waals surface area contributed by atoms with Crippen LogP contribution >= 0.6 is 23.4 Å². The smallest absolute Gasteiger partial charge is 0.258 e. The molecule has 1 aliphatic rings. The molecule has 3 nitrogen and oxygen atoms in total. The van der Waals surface area contributed by atoms with Gasteiger partial charge in [0.05, 0.1) is 9.82 Å². The molecule has 0 amide bonds. The van der Waals surface area contributed by atoms with Crippen molar-refractivity contribution in [2.75, 3.05) is 0 Å². The first kappa shape index (κ1) is 11.7. The van der Waals surface area contributed by atoms with Crippen LogP contribution in [0.5, 0.6) is 0 Å². The number of nitro groups is 1. The Balaban J connectivity index is 2.25. The van der Waals surface area contributed by atoms with Gasteiger partial charge in [-0.15, -0.1) is 11.8 Å². The van der Waals surface area contributed by atoms with Gasteiger partial charge in [-0.05, 0) is 25.0 Å². The molecule has 0 aromatic heterocycles. The van der Waals surface area contributed by atoms with Gasteiger partial charge in [-0.25, -0.2) is 0 Å². The second kappa shape index (κ2) is 5.06.